The summed E-state index contributed by atoms with van der Waals surface area (Å²) in [5, 5.41) is 24.4. The van der Waals surface area contributed by atoms with Crippen LogP contribution in [0.5, 0.6) is 5.75 Å². The molecule has 4 fully saturated rings. The predicted octanol–water partition coefficient (Wildman–Crippen LogP) is 4.48. The molecule has 4 aliphatic heterocycles. The second kappa shape index (κ2) is 13.3. The van der Waals surface area contributed by atoms with Gasteiger partial charge < -0.3 is 25.2 Å². The van der Waals surface area contributed by atoms with Crippen LogP contribution < -0.4 is 10.1 Å². The molecule has 8 nitrogen and oxygen atoms in total. The number of carbonyl (C=O) groups excluding carboxylic acids is 1. The fraction of sp³-hybridized carbons (Fsp3) is 0.459. The molecule has 4 heterocycles. The molecule has 2 bridgehead atoms. The van der Waals surface area contributed by atoms with E-state index in [9.17, 15) is 19.8 Å². The number of benzene rings is 3. The van der Waals surface area contributed by atoms with E-state index in [4.69, 9.17) is 4.74 Å². The first kappa shape index (κ1) is 31.3. The topological polar surface area (TPSA) is 102 Å². The van der Waals surface area contributed by atoms with Crippen molar-refractivity contribution in [1.82, 2.24) is 15.1 Å². The number of ether oxygens (including phenoxy) is 1. The van der Waals surface area contributed by atoms with Crippen LogP contribution in [0.1, 0.15) is 60.8 Å². The lowest BCUT2D eigenvalue weighted by molar-refractivity contribution is -0.157. The number of carbonyl (C=O) groups is 2. The highest BCUT2D eigenvalue weighted by Crippen LogP contribution is 2.47. The number of aliphatic hydroxyl groups excluding tert-OH is 1. The van der Waals surface area contributed by atoms with Gasteiger partial charge in [-0.3, -0.25) is 9.69 Å². The highest BCUT2D eigenvalue weighted by atomic mass is 16.5. The van der Waals surface area contributed by atoms with E-state index < -0.39 is 24.0 Å². The maximum absolute atomic E-state index is 14.7. The van der Waals surface area contributed by atoms with E-state index in [1.165, 1.54) is 10.5 Å². The van der Waals surface area contributed by atoms with Crippen LogP contribution >= 0.6 is 0 Å². The molecule has 1 amide bonds. The number of hydrogen-bond acceptors (Lipinski definition) is 6. The van der Waals surface area contributed by atoms with E-state index in [2.05, 4.69) is 60.5 Å². The van der Waals surface area contributed by atoms with Gasteiger partial charge in [0.1, 0.15) is 11.8 Å². The van der Waals surface area contributed by atoms with Crippen molar-refractivity contribution in [2.24, 2.45) is 11.8 Å². The number of fused-ring (bicyclic) bond motifs is 3. The summed E-state index contributed by atoms with van der Waals surface area (Å²) < 4.78 is 5.71. The summed E-state index contributed by atoms with van der Waals surface area (Å²) in [6, 6.07) is 25.9. The zero-order chi connectivity index (χ0) is 31.7. The Labute approximate surface area is 266 Å². The van der Waals surface area contributed by atoms with E-state index in [1.807, 2.05) is 42.5 Å². The number of nitrogens with zero attached hydrogens (tertiary/aromatic N) is 2. The lowest BCUT2D eigenvalue weighted by Crippen LogP contribution is -2.69. The molecule has 0 aliphatic carbocycles. The first-order valence-corrected chi connectivity index (χ1v) is 16.2. The minimum atomic E-state index is -1.06. The lowest BCUT2D eigenvalue weighted by Gasteiger charge is -2.57. The number of carboxylic acids is 1. The van der Waals surface area contributed by atoms with Gasteiger partial charge in [-0.2, -0.15) is 0 Å². The summed E-state index contributed by atoms with van der Waals surface area (Å²) in [6.45, 7) is 6.66. The monoisotopic (exact) mass is 611 g/mol. The van der Waals surface area contributed by atoms with Gasteiger partial charge in [-0.15, -0.1) is 0 Å². The molecule has 7 rings (SSSR count). The molecular formula is C37H45N3O5. The summed E-state index contributed by atoms with van der Waals surface area (Å²) in [5.74, 6) is -0.542. The smallest absolute Gasteiger partial charge is 0.326 e. The molecule has 8 heteroatoms. The summed E-state index contributed by atoms with van der Waals surface area (Å²) >= 11 is 0. The van der Waals surface area contributed by atoms with Gasteiger partial charge in [0, 0.05) is 49.6 Å². The zero-order valence-corrected chi connectivity index (χ0v) is 26.4. The van der Waals surface area contributed by atoms with Crippen LogP contribution in [0.2, 0.25) is 0 Å². The molecular weight excluding hydrogens is 566 g/mol. The average molecular weight is 612 g/mol. The van der Waals surface area contributed by atoms with Gasteiger partial charge in [0.2, 0.25) is 5.91 Å². The van der Waals surface area contributed by atoms with Gasteiger partial charge in [-0.1, -0.05) is 86.6 Å². The predicted molar refractivity (Wildman–Crippen MR) is 173 cm³/mol. The van der Waals surface area contributed by atoms with Crippen LogP contribution in [0, 0.1) is 11.8 Å². The Balaban J connectivity index is 1.38. The van der Waals surface area contributed by atoms with Crippen molar-refractivity contribution >= 4 is 11.9 Å². The molecule has 0 saturated carbocycles. The molecule has 45 heavy (non-hydrogen) atoms. The Morgan fingerprint density at radius 1 is 0.956 bits per heavy atom. The molecule has 238 valence electrons. The summed E-state index contributed by atoms with van der Waals surface area (Å²) in [4.78, 5) is 30.9. The number of amides is 1. The molecule has 7 unspecified atom stereocenters. The maximum atomic E-state index is 14.7. The fourth-order valence-corrected chi connectivity index (χ4v) is 8.07. The van der Waals surface area contributed by atoms with Crippen LogP contribution in [0.3, 0.4) is 0 Å². The average Bonchev–Trinajstić information content (AvgIpc) is 3.46. The third-order valence-electron chi connectivity index (χ3n) is 10.3. The van der Waals surface area contributed by atoms with E-state index in [0.717, 1.165) is 42.0 Å². The van der Waals surface area contributed by atoms with Crippen LogP contribution in [-0.2, 0) is 16.1 Å². The minimum Gasteiger partial charge on any atom is -0.496 e. The molecule has 7 atom stereocenters. The number of aliphatic carboxylic acids is 1. The van der Waals surface area contributed by atoms with Gasteiger partial charge in [0.05, 0.1) is 19.1 Å². The summed E-state index contributed by atoms with van der Waals surface area (Å²) in [5.41, 5.74) is 4.60. The highest BCUT2D eigenvalue weighted by molar-refractivity contribution is 5.87. The van der Waals surface area contributed by atoms with Crippen molar-refractivity contribution in [2.45, 2.75) is 69.3 Å². The van der Waals surface area contributed by atoms with Crippen molar-refractivity contribution in [3.63, 3.8) is 0 Å². The lowest BCUT2D eigenvalue weighted by atomic mass is 9.64. The van der Waals surface area contributed by atoms with Crippen molar-refractivity contribution in [3.8, 4) is 5.75 Å². The van der Waals surface area contributed by atoms with Gasteiger partial charge in [0.15, 0.2) is 0 Å². The molecule has 0 radical (unpaired) electrons. The van der Waals surface area contributed by atoms with Crippen molar-refractivity contribution in [1.29, 1.82) is 0 Å². The molecule has 3 aromatic rings. The zero-order valence-electron chi connectivity index (χ0n) is 26.4. The number of rotatable bonds is 10. The number of aliphatic hydroxyl groups is 1. The Kier molecular flexibility index (Phi) is 9.26. The van der Waals surface area contributed by atoms with Crippen LogP contribution in [0.25, 0.3) is 0 Å². The standard InChI is InChI=1S/C37H45N3O5/c1-23(2)26-14-15-32(45-3)27(18-26)20-38-30-22-39-17-16-29(30)34(36(42)40-21-28(41)19-31(40)37(43)44)35(39)33(24-10-6-4-7-11-24)25-12-8-5-9-13-25/h4-15,18,23,28-31,33-35,38,41H,16-17,19-22H2,1-3H3,(H,43,44). The van der Waals surface area contributed by atoms with Gasteiger partial charge >= 0.3 is 5.97 Å². The number of piperidine rings is 3. The number of methoxy groups -OCH3 is 1. The molecule has 3 aromatic carbocycles. The fourth-order valence-electron chi connectivity index (χ4n) is 8.07. The van der Waals surface area contributed by atoms with E-state index in [0.29, 0.717) is 12.5 Å². The summed E-state index contributed by atoms with van der Waals surface area (Å²) in [6.07, 6.45) is 0.0442. The molecule has 4 aliphatic rings. The van der Waals surface area contributed by atoms with E-state index in [1.54, 1.807) is 7.11 Å². The second-order valence-corrected chi connectivity index (χ2v) is 13.2. The summed E-state index contributed by atoms with van der Waals surface area (Å²) in [7, 11) is 1.69. The Morgan fingerprint density at radius 2 is 1.62 bits per heavy atom. The van der Waals surface area contributed by atoms with Crippen molar-refractivity contribution in [2.75, 3.05) is 26.7 Å². The largest absolute Gasteiger partial charge is 0.496 e. The molecule has 0 aromatic heterocycles. The third kappa shape index (κ3) is 6.24. The second-order valence-electron chi connectivity index (χ2n) is 13.2. The highest BCUT2D eigenvalue weighted by Gasteiger charge is 2.55. The first-order valence-electron chi connectivity index (χ1n) is 16.2. The third-order valence-corrected chi connectivity index (χ3v) is 10.3. The minimum absolute atomic E-state index is 0.00566. The van der Waals surface area contributed by atoms with Gasteiger partial charge in [-0.25, -0.2) is 4.79 Å². The van der Waals surface area contributed by atoms with Crippen molar-refractivity contribution < 1.29 is 24.5 Å². The Morgan fingerprint density at radius 3 is 2.22 bits per heavy atom. The number of carboxylic acid groups (broad SMARTS) is 1. The number of nitrogens with one attached hydrogen (secondary N) is 1. The SMILES string of the molecule is COc1ccc(C(C)C)cc1CNC1CN2CCC1C(C(=O)N1CC(O)CC1C(=O)O)C2C(c1ccccc1)c1ccccc1. The van der Waals surface area contributed by atoms with Gasteiger partial charge in [-0.05, 0) is 47.6 Å². The number of β-amino-alcohol motifs (C(OH)–C–C–N with tert-alkyl or cyclic N) is 1. The van der Waals surface area contributed by atoms with Gasteiger partial charge in [0.25, 0.3) is 0 Å². The van der Waals surface area contributed by atoms with E-state index >= 15 is 0 Å². The maximum Gasteiger partial charge on any atom is 0.326 e. The Hall–Kier alpha value is -3.72. The first-order chi connectivity index (χ1) is 21.8. The van der Waals surface area contributed by atoms with E-state index in [-0.39, 0.29) is 42.8 Å². The molecule has 4 saturated heterocycles. The number of hydrogen-bond donors (Lipinski definition) is 3. The van der Waals surface area contributed by atoms with Crippen LogP contribution in [-0.4, -0.2) is 82.9 Å². The molecule has 3 N–H and O–H groups in total. The van der Waals surface area contributed by atoms with Crippen LogP contribution in [0.15, 0.2) is 78.9 Å². The number of likely N-dealkylation sites (tertiary alicyclic amines) is 1. The quantitative estimate of drug-likeness (QED) is 0.311. The van der Waals surface area contributed by atoms with Crippen LogP contribution in [0.4, 0.5) is 0 Å². The normalized spacial score (nSPS) is 27.7. The molecule has 0 spiro atoms. The van der Waals surface area contributed by atoms with Crippen molar-refractivity contribution in [3.05, 3.63) is 101 Å². The Bertz CT molecular complexity index is 1440.